The van der Waals surface area contributed by atoms with Gasteiger partial charge in [-0.05, 0) is 40.4 Å². The molecule has 0 radical (unpaired) electrons. The van der Waals surface area contributed by atoms with Crippen LogP contribution >= 0.6 is 0 Å². The van der Waals surface area contributed by atoms with E-state index in [0.717, 1.165) is 0 Å². The summed E-state index contributed by atoms with van der Waals surface area (Å²) in [6.07, 6.45) is -6.07. The first-order valence-electron chi connectivity index (χ1n) is 10.1. The van der Waals surface area contributed by atoms with Crippen LogP contribution in [-0.2, 0) is 14.0 Å². The van der Waals surface area contributed by atoms with E-state index in [0.29, 0.717) is 4.57 Å². The minimum atomic E-state index is -2.61. The predicted molar refractivity (Wildman–Crippen MR) is 77.0 cm³/mol. The van der Waals surface area contributed by atoms with E-state index in [1.54, 1.807) is 0 Å². The van der Waals surface area contributed by atoms with Crippen molar-refractivity contribution >= 4 is 12.7 Å². The van der Waals surface area contributed by atoms with Gasteiger partial charge in [0.15, 0.2) is 0 Å². The van der Waals surface area contributed by atoms with E-state index in [9.17, 15) is 0 Å². The van der Waals surface area contributed by atoms with Crippen LogP contribution in [0, 0.1) is 0 Å². The Morgan fingerprint density at radius 1 is 1.35 bits per heavy atom. The van der Waals surface area contributed by atoms with Crippen LogP contribution in [-0.4, -0.2) is 41.1 Å². The molecular weight excluding hydrogens is 255 g/mol. The Bertz CT molecular complexity index is 736. The molecule has 0 N–H and O–H groups in total. The molecule has 110 valence electrons. The summed E-state index contributed by atoms with van der Waals surface area (Å²) in [5, 5.41) is 0. The Labute approximate surface area is 130 Å². The average molecular weight is 285 g/mol. The summed E-state index contributed by atoms with van der Waals surface area (Å²) in [6, 6.07) is -2.61. The van der Waals surface area contributed by atoms with Gasteiger partial charge in [-0.25, -0.2) is 4.98 Å². The fraction of sp³-hybridized carbons (Fsp3) is 0.786. The van der Waals surface area contributed by atoms with Crippen molar-refractivity contribution in [1.82, 2.24) is 9.55 Å². The molecule has 0 saturated carbocycles. The summed E-state index contributed by atoms with van der Waals surface area (Å²) in [5.74, 6) is 0. The van der Waals surface area contributed by atoms with E-state index < -0.39 is 62.8 Å². The van der Waals surface area contributed by atoms with E-state index in [-0.39, 0.29) is 5.59 Å². The van der Waals surface area contributed by atoms with E-state index in [1.807, 2.05) is 27.7 Å². The fourth-order valence-corrected chi connectivity index (χ4v) is 1.94. The SMILES string of the molecule is [2H]c1nc(B2OC(C)(C)C(C)(C)O2)c([2H])n1C1([2H])C([2H])([2H])COCC1([2H])[2H]. The van der Waals surface area contributed by atoms with Crippen LogP contribution in [0.3, 0.4) is 0 Å². The predicted octanol–water partition coefficient (Wildman–Crippen LogP) is 1.53. The summed E-state index contributed by atoms with van der Waals surface area (Å²) in [6.45, 7) is 6.21. The lowest BCUT2D eigenvalue weighted by atomic mass is 9.86. The molecule has 0 unspecified atom stereocenters. The van der Waals surface area contributed by atoms with Crippen LogP contribution in [0.4, 0.5) is 0 Å². The second-order valence-electron chi connectivity index (χ2n) is 5.83. The van der Waals surface area contributed by atoms with Crippen LogP contribution in [0.15, 0.2) is 12.5 Å². The third kappa shape index (κ3) is 2.40. The standard InChI is InChI=1S/C14H23BN2O3/c1-13(2)14(3,4)20-15(19-13)12-9-17(10-16-12)11-5-7-18-8-6-11/h9-11H,5-8H2,1-4H3/i5D2,6D2,9D,10D,11D. The van der Waals surface area contributed by atoms with E-state index >= 15 is 0 Å². The third-order valence-corrected chi connectivity index (χ3v) is 3.88. The maximum atomic E-state index is 8.66. The van der Waals surface area contributed by atoms with Crippen LogP contribution in [0.25, 0.3) is 0 Å². The van der Waals surface area contributed by atoms with Crippen molar-refractivity contribution in [3.8, 4) is 0 Å². The Kier molecular flexibility index (Phi) is 1.94. The number of imidazole rings is 1. The van der Waals surface area contributed by atoms with Crippen molar-refractivity contribution in [2.24, 2.45) is 0 Å². The molecule has 6 heteroatoms. The Morgan fingerprint density at radius 2 is 1.95 bits per heavy atom. The summed E-state index contributed by atoms with van der Waals surface area (Å²) in [4.78, 5) is 3.97. The molecule has 5 nitrogen and oxygen atoms in total. The zero-order valence-electron chi connectivity index (χ0n) is 19.1. The van der Waals surface area contributed by atoms with Crippen molar-refractivity contribution in [1.29, 1.82) is 0 Å². The Morgan fingerprint density at radius 3 is 2.55 bits per heavy atom. The second kappa shape index (κ2) is 4.86. The molecule has 1 aromatic heterocycles. The zero-order valence-corrected chi connectivity index (χ0v) is 12.1. The summed E-state index contributed by atoms with van der Waals surface area (Å²) < 4.78 is 75.2. The zero-order chi connectivity index (χ0) is 20.6. The molecular formula is C14H23BN2O3. The number of ether oxygens (including phenoxy) is 1. The van der Waals surface area contributed by atoms with Crippen molar-refractivity contribution in [2.75, 3.05) is 13.2 Å². The Hall–Kier alpha value is -0.845. The van der Waals surface area contributed by atoms with Crippen LogP contribution in [0.2, 0.25) is 0 Å². The van der Waals surface area contributed by atoms with E-state index in [2.05, 4.69) is 4.98 Å². The number of hydrogen-bond acceptors (Lipinski definition) is 4. The van der Waals surface area contributed by atoms with Gasteiger partial charge in [-0.1, -0.05) is 0 Å². The first-order valence-corrected chi connectivity index (χ1v) is 6.57. The summed E-state index contributed by atoms with van der Waals surface area (Å²) in [7, 11) is -1.08. The monoisotopic (exact) mass is 285 g/mol. The van der Waals surface area contributed by atoms with Gasteiger partial charge in [0.05, 0.1) is 25.8 Å². The largest absolute Gasteiger partial charge is 0.516 e. The summed E-state index contributed by atoms with van der Waals surface area (Å²) in [5.41, 5.74) is -1.50. The van der Waals surface area contributed by atoms with Crippen LogP contribution in [0.1, 0.15) is 56.1 Å². The molecule has 3 heterocycles. The molecule has 0 aromatic carbocycles. The van der Waals surface area contributed by atoms with Gasteiger partial charge in [0.25, 0.3) is 0 Å². The summed E-state index contributed by atoms with van der Waals surface area (Å²) >= 11 is 0. The molecule has 0 aliphatic carbocycles. The Balaban J connectivity index is 2.12. The number of hydrogen-bond donors (Lipinski definition) is 0. The van der Waals surface area contributed by atoms with Crippen LogP contribution in [0.5, 0.6) is 0 Å². The number of aromatic nitrogens is 2. The topological polar surface area (TPSA) is 45.5 Å². The van der Waals surface area contributed by atoms with Gasteiger partial charge >= 0.3 is 7.12 Å². The normalized spacial score (nSPS) is 37.8. The van der Waals surface area contributed by atoms with Gasteiger partial charge in [-0.3, -0.25) is 0 Å². The highest BCUT2D eigenvalue weighted by Crippen LogP contribution is 2.36. The van der Waals surface area contributed by atoms with Crippen molar-refractivity contribution in [2.45, 2.75) is 57.7 Å². The highest BCUT2D eigenvalue weighted by molar-refractivity contribution is 6.61. The van der Waals surface area contributed by atoms with Crippen LogP contribution < -0.4 is 5.59 Å². The molecule has 3 rings (SSSR count). The minimum absolute atomic E-state index is 0.0802. The lowest BCUT2D eigenvalue weighted by Crippen LogP contribution is -2.41. The maximum absolute atomic E-state index is 8.66. The van der Waals surface area contributed by atoms with Gasteiger partial charge in [0.1, 0.15) is 1.37 Å². The third-order valence-electron chi connectivity index (χ3n) is 3.88. The quantitative estimate of drug-likeness (QED) is 0.773. The molecule has 2 saturated heterocycles. The molecule has 2 fully saturated rings. The number of nitrogens with zero attached hydrogens (tertiary/aromatic N) is 2. The lowest BCUT2D eigenvalue weighted by Gasteiger charge is -2.32. The van der Waals surface area contributed by atoms with E-state index in [4.69, 9.17) is 23.6 Å². The molecule has 1 aromatic rings. The van der Waals surface area contributed by atoms with Crippen molar-refractivity contribution < 1.29 is 23.6 Å². The number of rotatable bonds is 2. The fourth-order valence-electron chi connectivity index (χ4n) is 1.94. The van der Waals surface area contributed by atoms with Gasteiger partial charge in [-0.15, -0.1) is 0 Å². The highest BCUT2D eigenvalue weighted by Gasteiger charge is 2.52. The minimum Gasteiger partial charge on any atom is -0.398 e. The van der Waals surface area contributed by atoms with E-state index in [1.165, 1.54) is 0 Å². The molecule has 0 amide bonds. The molecule has 2 aliphatic heterocycles. The molecule has 0 atom stereocenters. The second-order valence-corrected chi connectivity index (χ2v) is 5.83. The highest BCUT2D eigenvalue weighted by atomic mass is 16.7. The van der Waals surface area contributed by atoms with Crippen molar-refractivity contribution in [3.05, 3.63) is 12.5 Å². The molecule has 2 aliphatic rings. The molecule has 0 bridgehead atoms. The van der Waals surface area contributed by atoms with Gasteiger partial charge < -0.3 is 18.6 Å². The lowest BCUT2D eigenvalue weighted by molar-refractivity contribution is 0.00578. The van der Waals surface area contributed by atoms with Gasteiger partial charge in [-0.2, -0.15) is 0 Å². The molecule has 0 spiro atoms. The van der Waals surface area contributed by atoms with Gasteiger partial charge in [0.2, 0.25) is 0 Å². The molecule has 20 heavy (non-hydrogen) atoms. The smallest absolute Gasteiger partial charge is 0.398 e. The first-order chi connectivity index (χ1) is 12.1. The van der Waals surface area contributed by atoms with Crippen molar-refractivity contribution in [3.63, 3.8) is 0 Å². The van der Waals surface area contributed by atoms with Gasteiger partial charge in [0, 0.05) is 30.9 Å². The first kappa shape index (κ1) is 7.96. The maximum Gasteiger partial charge on any atom is 0.516 e. The average Bonchev–Trinajstić information content (AvgIpc) is 2.89.